The summed E-state index contributed by atoms with van der Waals surface area (Å²) in [6.45, 7) is 0. The zero-order valence-electron chi connectivity index (χ0n) is 6.90. The second-order valence-corrected chi connectivity index (χ2v) is 2.67. The van der Waals surface area contributed by atoms with Crippen LogP contribution in [0.4, 0.5) is 11.5 Å². The Labute approximate surface area is 75.4 Å². The first-order chi connectivity index (χ1) is 6.38. The zero-order chi connectivity index (χ0) is 9.10. The van der Waals surface area contributed by atoms with Gasteiger partial charge in [-0.25, -0.2) is 5.10 Å². The number of benzene rings is 1. The largest absolute Gasteiger partial charge is 0.622 e. The van der Waals surface area contributed by atoms with Gasteiger partial charge in [0.15, 0.2) is 0 Å². The second-order valence-electron chi connectivity index (χ2n) is 2.67. The molecule has 0 saturated carbocycles. The van der Waals surface area contributed by atoms with E-state index < -0.39 is 0 Å². The van der Waals surface area contributed by atoms with Gasteiger partial charge < -0.3 is 5.21 Å². The molecular formula is C9H9N3O. The van der Waals surface area contributed by atoms with E-state index in [0.29, 0.717) is 11.5 Å². The predicted molar refractivity (Wildman–Crippen MR) is 48.7 cm³/mol. The number of nitrogens with one attached hydrogen (secondary N) is 2. The number of para-hydroxylation sites is 1. The standard InChI is InChI=1S/C9H9N3O/c13-12(9-6-7-10-11-9)8-4-2-1-3-5-8/h1-7,12H,(H,10,11). The van der Waals surface area contributed by atoms with E-state index in [1.807, 2.05) is 18.2 Å². The molecule has 1 atom stereocenters. The maximum atomic E-state index is 11.6. The highest BCUT2D eigenvalue weighted by molar-refractivity contribution is 5.32. The molecule has 0 spiro atoms. The van der Waals surface area contributed by atoms with Crippen molar-refractivity contribution in [3.8, 4) is 0 Å². The number of aromatic nitrogens is 2. The van der Waals surface area contributed by atoms with E-state index in [2.05, 4.69) is 10.2 Å². The molecule has 0 saturated heterocycles. The quantitative estimate of drug-likeness (QED) is 0.662. The number of aromatic amines is 1. The lowest BCUT2D eigenvalue weighted by atomic mass is 10.3. The van der Waals surface area contributed by atoms with E-state index >= 15 is 0 Å². The van der Waals surface area contributed by atoms with Crippen LogP contribution >= 0.6 is 0 Å². The Morgan fingerprint density at radius 1 is 1.15 bits per heavy atom. The summed E-state index contributed by atoms with van der Waals surface area (Å²) < 4.78 is 0. The van der Waals surface area contributed by atoms with E-state index in [-0.39, 0.29) is 5.06 Å². The van der Waals surface area contributed by atoms with Gasteiger partial charge in [-0.1, -0.05) is 18.2 Å². The summed E-state index contributed by atoms with van der Waals surface area (Å²) in [7, 11) is 0. The predicted octanol–water partition coefficient (Wildman–Crippen LogP) is 0.756. The number of hydrogen-bond acceptors (Lipinski definition) is 2. The van der Waals surface area contributed by atoms with Gasteiger partial charge in [0.25, 0.3) is 0 Å². The topological polar surface area (TPSA) is 56.2 Å². The number of nitrogens with zero attached hydrogens (tertiary/aromatic N) is 1. The molecule has 0 aliphatic heterocycles. The highest BCUT2D eigenvalue weighted by Crippen LogP contribution is 2.02. The Balaban J connectivity index is 2.29. The molecule has 2 aromatic rings. The average Bonchev–Trinajstić information content (AvgIpc) is 2.71. The average molecular weight is 175 g/mol. The van der Waals surface area contributed by atoms with Crippen molar-refractivity contribution in [2.24, 2.45) is 0 Å². The van der Waals surface area contributed by atoms with E-state index in [9.17, 15) is 5.21 Å². The molecule has 0 aliphatic carbocycles. The van der Waals surface area contributed by atoms with Gasteiger partial charge in [0, 0.05) is 6.07 Å². The molecule has 1 unspecified atom stereocenters. The summed E-state index contributed by atoms with van der Waals surface area (Å²) in [4.78, 5) is 0. The Bertz CT molecular complexity index is 358. The van der Waals surface area contributed by atoms with E-state index in [1.54, 1.807) is 24.4 Å². The second kappa shape index (κ2) is 3.38. The monoisotopic (exact) mass is 175 g/mol. The van der Waals surface area contributed by atoms with Crippen LogP contribution in [-0.2, 0) is 0 Å². The van der Waals surface area contributed by atoms with Crippen molar-refractivity contribution in [1.29, 1.82) is 0 Å². The molecule has 0 aliphatic rings. The Hall–Kier alpha value is -1.65. The van der Waals surface area contributed by atoms with Crippen LogP contribution in [-0.4, -0.2) is 10.2 Å². The minimum absolute atomic E-state index is 0.0295. The molecule has 66 valence electrons. The minimum atomic E-state index is -0.0295. The van der Waals surface area contributed by atoms with Crippen LogP contribution in [0.5, 0.6) is 0 Å². The minimum Gasteiger partial charge on any atom is -0.622 e. The number of quaternary nitrogens is 1. The summed E-state index contributed by atoms with van der Waals surface area (Å²) in [6, 6.07) is 10.8. The van der Waals surface area contributed by atoms with Crippen molar-refractivity contribution in [3.63, 3.8) is 0 Å². The van der Waals surface area contributed by atoms with Crippen molar-refractivity contribution in [1.82, 2.24) is 10.2 Å². The number of H-pyrrole nitrogens is 1. The van der Waals surface area contributed by atoms with Crippen molar-refractivity contribution in [2.75, 3.05) is 0 Å². The lowest BCUT2D eigenvalue weighted by molar-refractivity contribution is -0.701. The van der Waals surface area contributed by atoms with Gasteiger partial charge in [0.2, 0.25) is 5.82 Å². The summed E-state index contributed by atoms with van der Waals surface area (Å²) in [5, 5.41) is 18.0. The van der Waals surface area contributed by atoms with Crippen LogP contribution in [0, 0.1) is 5.21 Å². The molecule has 2 rings (SSSR count). The van der Waals surface area contributed by atoms with Crippen LogP contribution in [0.25, 0.3) is 0 Å². The number of hydrogen-bond donors (Lipinski definition) is 2. The van der Waals surface area contributed by atoms with Crippen LogP contribution < -0.4 is 5.06 Å². The molecule has 0 bridgehead atoms. The molecule has 4 nitrogen and oxygen atoms in total. The summed E-state index contributed by atoms with van der Waals surface area (Å²) in [5.41, 5.74) is 0.673. The van der Waals surface area contributed by atoms with Crippen molar-refractivity contribution >= 4 is 11.5 Å². The fourth-order valence-corrected chi connectivity index (χ4v) is 1.13. The Morgan fingerprint density at radius 2 is 1.92 bits per heavy atom. The molecule has 0 fully saturated rings. The maximum Gasteiger partial charge on any atom is 0.226 e. The third-order valence-corrected chi connectivity index (χ3v) is 1.78. The molecule has 1 aromatic carbocycles. The highest BCUT2D eigenvalue weighted by atomic mass is 16.5. The van der Waals surface area contributed by atoms with Gasteiger partial charge in [0.1, 0.15) is 5.69 Å². The van der Waals surface area contributed by atoms with Crippen molar-refractivity contribution in [3.05, 3.63) is 47.8 Å². The third-order valence-electron chi connectivity index (χ3n) is 1.78. The van der Waals surface area contributed by atoms with E-state index in [4.69, 9.17) is 0 Å². The van der Waals surface area contributed by atoms with Crippen LogP contribution in [0.1, 0.15) is 0 Å². The first-order valence-electron chi connectivity index (χ1n) is 3.97. The smallest absolute Gasteiger partial charge is 0.226 e. The highest BCUT2D eigenvalue weighted by Gasteiger charge is 2.05. The third kappa shape index (κ3) is 1.58. The van der Waals surface area contributed by atoms with Gasteiger partial charge in [-0.2, -0.15) is 5.10 Å². The van der Waals surface area contributed by atoms with Gasteiger partial charge in [-0.15, -0.1) is 0 Å². The molecule has 2 N–H and O–H groups in total. The van der Waals surface area contributed by atoms with Crippen LogP contribution in [0.15, 0.2) is 42.6 Å². The fourth-order valence-electron chi connectivity index (χ4n) is 1.13. The molecule has 13 heavy (non-hydrogen) atoms. The van der Waals surface area contributed by atoms with E-state index in [1.165, 1.54) is 0 Å². The molecule has 4 heteroatoms. The molecule has 0 amide bonds. The molecule has 0 radical (unpaired) electrons. The summed E-state index contributed by atoms with van der Waals surface area (Å²) in [6.07, 6.45) is 1.57. The Kier molecular flexibility index (Phi) is 2.08. The SMILES string of the molecule is [O-][NH+](c1ccccc1)c1ccn[nH]1. The summed E-state index contributed by atoms with van der Waals surface area (Å²) >= 11 is 0. The lowest BCUT2D eigenvalue weighted by Gasteiger charge is -2.18. The number of rotatable bonds is 2. The van der Waals surface area contributed by atoms with Gasteiger partial charge in [-0.3, -0.25) is 5.06 Å². The van der Waals surface area contributed by atoms with Gasteiger partial charge in [0.05, 0.1) is 6.20 Å². The normalized spacial score (nSPS) is 12.7. The maximum absolute atomic E-state index is 11.6. The Morgan fingerprint density at radius 3 is 2.54 bits per heavy atom. The van der Waals surface area contributed by atoms with Crippen molar-refractivity contribution in [2.45, 2.75) is 0 Å². The van der Waals surface area contributed by atoms with Gasteiger partial charge in [-0.05, 0) is 12.1 Å². The first kappa shape index (κ1) is 7.97. The first-order valence-corrected chi connectivity index (χ1v) is 3.97. The molecular weight excluding hydrogens is 166 g/mol. The van der Waals surface area contributed by atoms with E-state index in [0.717, 1.165) is 0 Å². The molecule has 1 aromatic heterocycles. The van der Waals surface area contributed by atoms with Crippen LogP contribution in [0.3, 0.4) is 0 Å². The van der Waals surface area contributed by atoms with Crippen molar-refractivity contribution < 1.29 is 5.06 Å². The molecule has 1 heterocycles. The van der Waals surface area contributed by atoms with Crippen LogP contribution in [0.2, 0.25) is 0 Å². The zero-order valence-corrected chi connectivity index (χ0v) is 6.90. The lowest BCUT2D eigenvalue weighted by Crippen LogP contribution is -2.96. The van der Waals surface area contributed by atoms with Gasteiger partial charge >= 0.3 is 0 Å². The summed E-state index contributed by atoms with van der Waals surface area (Å²) in [5.74, 6) is 0.520. The fraction of sp³-hybridized carbons (Fsp3) is 0.